The summed E-state index contributed by atoms with van der Waals surface area (Å²) < 4.78 is 7.04. The van der Waals surface area contributed by atoms with Gasteiger partial charge in [0.05, 0.1) is 4.01 Å². The molecule has 0 atom stereocenters. The molecule has 132 valence electrons. The summed E-state index contributed by atoms with van der Waals surface area (Å²) >= 11 is 3.42. The first-order valence-electron chi connectivity index (χ1n) is 9.42. The molecule has 0 aliphatic heterocycles. The Morgan fingerprint density at radius 3 is 2.58 bits per heavy atom. The van der Waals surface area contributed by atoms with E-state index in [0.717, 1.165) is 30.1 Å². The molecule has 0 radical (unpaired) electrons. The maximum absolute atomic E-state index is 12.4. The van der Waals surface area contributed by atoms with Crippen LogP contribution in [0.1, 0.15) is 79.8 Å². The van der Waals surface area contributed by atoms with E-state index < -0.39 is 0 Å². The van der Waals surface area contributed by atoms with Crippen LogP contribution in [0.25, 0.3) is 9.40 Å². The minimum Gasteiger partial charge on any atom is -0.458 e. The molecule has 1 aliphatic carbocycles. The fraction of sp³-hybridized carbons (Fsp3) is 0.650. The third kappa shape index (κ3) is 4.40. The van der Waals surface area contributed by atoms with Crippen LogP contribution >= 0.6 is 22.7 Å². The molecular formula is C20H28O2S2. The van der Waals surface area contributed by atoms with Gasteiger partial charge in [-0.05, 0) is 50.2 Å². The topological polar surface area (TPSA) is 26.3 Å². The zero-order valence-corrected chi connectivity index (χ0v) is 16.4. The van der Waals surface area contributed by atoms with Crippen molar-refractivity contribution in [3.05, 3.63) is 21.9 Å². The van der Waals surface area contributed by atoms with Crippen LogP contribution in [0.3, 0.4) is 0 Å². The summed E-state index contributed by atoms with van der Waals surface area (Å²) in [6, 6.07) is 4.25. The molecule has 2 aromatic heterocycles. The first kappa shape index (κ1) is 17.9. The zero-order chi connectivity index (χ0) is 16.9. The molecule has 0 saturated heterocycles. The predicted octanol–water partition coefficient (Wildman–Crippen LogP) is 6.82. The average Bonchev–Trinajstić information content (AvgIpc) is 3.13. The SMILES string of the molecule is CCCCC1CCC(OC(=O)c2cc3cc(CCC)sc3s2)CC1. The number of aryl methyl sites for hydroxylation is 1. The summed E-state index contributed by atoms with van der Waals surface area (Å²) in [5.74, 6) is 0.737. The van der Waals surface area contributed by atoms with Gasteiger partial charge in [-0.25, -0.2) is 4.79 Å². The van der Waals surface area contributed by atoms with Crippen LogP contribution in [0, 0.1) is 5.92 Å². The molecule has 1 saturated carbocycles. The van der Waals surface area contributed by atoms with Crippen molar-refractivity contribution >= 4 is 38.0 Å². The van der Waals surface area contributed by atoms with Gasteiger partial charge in [-0.2, -0.15) is 0 Å². The lowest BCUT2D eigenvalue weighted by molar-refractivity contribution is 0.0166. The van der Waals surface area contributed by atoms with E-state index in [2.05, 4.69) is 19.9 Å². The average molecular weight is 365 g/mol. The van der Waals surface area contributed by atoms with E-state index in [1.165, 1.54) is 52.8 Å². The zero-order valence-electron chi connectivity index (χ0n) is 14.8. The Kier molecular flexibility index (Phi) is 6.34. The van der Waals surface area contributed by atoms with Crippen LogP contribution in [0.15, 0.2) is 12.1 Å². The van der Waals surface area contributed by atoms with E-state index in [0.29, 0.717) is 0 Å². The van der Waals surface area contributed by atoms with Crippen molar-refractivity contribution in [2.45, 2.75) is 77.7 Å². The highest BCUT2D eigenvalue weighted by Crippen LogP contribution is 2.35. The van der Waals surface area contributed by atoms with Gasteiger partial charge in [-0.15, -0.1) is 22.7 Å². The highest BCUT2D eigenvalue weighted by atomic mass is 32.2. The third-order valence-corrected chi connectivity index (χ3v) is 7.43. The van der Waals surface area contributed by atoms with E-state index in [1.807, 2.05) is 17.4 Å². The summed E-state index contributed by atoms with van der Waals surface area (Å²) in [4.78, 5) is 14.6. The van der Waals surface area contributed by atoms with Crippen molar-refractivity contribution in [2.75, 3.05) is 0 Å². The second-order valence-corrected chi connectivity index (χ2v) is 9.45. The molecule has 2 nitrogen and oxygen atoms in total. The number of esters is 1. The van der Waals surface area contributed by atoms with E-state index in [4.69, 9.17) is 4.74 Å². The lowest BCUT2D eigenvalue weighted by atomic mass is 9.84. The molecule has 0 amide bonds. The van der Waals surface area contributed by atoms with Crippen molar-refractivity contribution in [1.82, 2.24) is 0 Å². The van der Waals surface area contributed by atoms with Crippen molar-refractivity contribution < 1.29 is 9.53 Å². The Morgan fingerprint density at radius 2 is 1.92 bits per heavy atom. The number of hydrogen-bond acceptors (Lipinski definition) is 4. The molecule has 2 heterocycles. The molecule has 0 bridgehead atoms. The van der Waals surface area contributed by atoms with Gasteiger partial charge in [0.25, 0.3) is 0 Å². The maximum atomic E-state index is 12.4. The van der Waals surface area contributed by atoms with E-state index >= 15 is 0 Å². The fourth-order valence-corrected chi connectivity index (χ4v) is 6.08. The smallest absolute Gasteiger partial charge is 0.348 e. The molecule has 4 heteroatoms. The van der Waals surface area contributed by atoms with Crippen LogP contribution in [0.4, 0.5) is 0 Å². The molecule has 2 aromatic rings. The number of rotatable bonds is 7. The Hall–Kier alpha value is -0.870. The van der Waals surface area contributed by atoms with Crippen LogP contribution in [-0.2, 0) is 11.2 Å². The van der Waals surface area contributed by atoms with Crippen LogP contribution in [0.2, 0.25) is 0 Å². The van der Waals surface area contributed by atoms with Crippen LogP contribution in [-0.4, -0.2) is 12.1 Å². The summed E-state index contributed by atoms with van der Waals surface area (Å²) in [6.07, 6.45) is 10.9. The Bertz CT molecular complexity index is 631. The molecule has 0 aromatic carbocycles. The Labute approximate surface area is 153 Å². The number of ether oxygens (including phenoxy) is 1. The largest absolute Gasteiger partial charge is 0.458 e. The molecule has 0 spiro atoms. The summed E-state index contributed by atoms with van der Waals surface area (Å²) in [5, 5.41) is 1.21. The fourth-order valence-electron chi connectivity index (χ4n) is 3.60. The number of carbonyl (C=O) groups is 1. The summed E-state index contributed by atoms with van der Waals surface area (Å²) in [6.45, 7) is 4.46. The second-order valence-electron chi connectivity index (χ2n) is 7.01. The van der Waals surface area contributed by atoms with Gasteiger partial charge in [0.2, 0.25) is 0 Å². The molecule has 1 aliphatic rings. The number of hydrogen-bond donors (Lipinski definition) is 0. The second kappa shape index (κ2) is 8.48. The number of unbranched alkanes of at least 4 members (excludes halogenated alkanes) is 1. The van der Waals surface area contributed by atoms with Gasteiger partial charge in [0.1, 0.15) is 11.0 Å². The van der Waals surface area contributed by atoms with Gasteiger partial charge in [0, 0.05) is 10.3 Å². The summed E-state index contributed by atoms with van der Waals surface area (Å²) in [7, 11) is 0. The van der Waals surface area contributed by atoms with E-state index in [-0.39, 0.29) is 12.1 Å². The minimum absolute atomic E-state index is 0.113. The van der Waals surface area contributed by atoms with Crippen molar-refractivity contribution in [2.24, 2.45) is 5.92 Å². The summed E-state index contributed by atoms with van der Waals surface area (Å²) in [5.41, 5.74) is 0. The number of thiophene rings is 2. The first-order valence-corrected chi connectivity index (χ1v) is 11.1. The lowest BCUT2D eigenvalue weighted by Crippen LogP contribution is -2.24. The third-order valence-electron chi connectivity index (χ3n) is 5.00. The maximum Gasteiger partial charge on any atom is 0.348 e. The lowest BCUT2D eigenvalue weighted by Gasteiger charge is -2.28. The molecule has 24 heavy (non-hydrogen) atoms. The van der Waals surface area contributed by atoms with Crippen LogP contribution < -0.4 is 0 Å². The molecular weight excluding hydrogens is 336 g/mol. The quantitative estimate of drug-likeness (QED) is 0.504. The minimum atomic E-state index is -0.113. The first-order chi connectivity index (χ1) is 11.7. The standard InChI is InChI=1S/C20H28O2S2/c1-3-5-7-14-8-10-16(11-9-14)22-19(21)18-13-15-12-17(6-4-2)23-20(15)24-18/h12-14,16H,3-11H2,1-2H3. The van der Waals surface area contributed by atoms with Gasteiger partial charge in [0.15, 0.2) is 0 Å². The molecule has 1 fully saturated rings. The van der Waals surface area contributed by atoms with Crippen molar-refractivity contribution in [3.63, 3.8) is 0 Å². The monoisotopic (exact) mass is 364 g/mol. The van der Waals surface area contributed by atoms with Crippen molar-refractivity contribution in [3.8, 4) is 0 Å². The van der Waals surface area contributed by atoms with E-state index in [1.54, 1.807) is 11.3 Å². The normalized spacial score (nSPS) is 21.2. The highest BCUT2D eigenvalue weighted by Gasteiger charge is 2.25. The van der Waals surface area contributed by atoms with E-state index in [9.17, 15) is 4.79 Å². The van der Waals surface area contributed by atoms with Gasteiger partial charge in [-0.1, -0.05) is 39.5 Å². The Balaban J connectivity index is 1.53. The number of carbonyl (C=O) groups excluding carboxylic acids is 1. The van der Waals surface area contributed by atoms with Gasteiger partial charge in [-0.3, -0.25) is 0 Å². The Morgan fingerprint density at radius 1 is 1.12 bits per heavy atom. The number of fused-ring (bicyclic) bond motifs is 1. The predicted molar refractivity (Wildman–Crippen MR) is 104 cm³/mol. The van der Waals surface area contributed by atoms with Crippen LogP contribution in [0.5, 0.6) is 0 Å². The highest BCUT2D eigenvalue weighted by molar-refractivity contribution is 7.39. The molecule has 0 unspecified atom stereocenters. The molecule has 3 rings (SSSR count). The molecule has 0 N–H and O–H groups in total. The van der Waals surface area contributed by atoms with Crippen molar-refractivity contribution in [1.29, 1.82) is 0 Å². The van der Waals surface area contributed by atoms with Gasteiger partial charge >= 0.3 is 5.97 Å². The van der Waals surface area contributed by atoms with Gasteiger partial charge < -0.3 is 4.74 Å².